The lowest BCUT2D eigenvalue weighted by Crippen LogP contribution is -2.39. The Morgan fingerprint density at radius 2 is 1.95 bits per heavy atom. The first-order chi connectivity index (χ1) is 9.35. The zero-order valence-corrected chi connectivity index (χ0v) is 11.5. The maximum atomic E-state index is 13.0. The molecule has 20 heavy (non-hydrogen) atoms. The minimum absolute atomic E-state index is 0.0212. The standard InChI is InChI=1S/C12H9Cl2FN2O3/c1-2-3-17(6-10(18)19)12(20)16-11-8(13)4-7(15)5-9(11)14/h1,4-5H,3,6H2,(H,16,20)(H,18,19). The predicted octanol–water partition coefficient (Wildman–Crippen LogP) is 2.68. The van der Waals surface area contributed by atoms with Crippen molar-refractivity contribution in [3.63, 3.8) is 0 Å². The highest BCUT2D eigenvalue weighted by atomic mass is 35.5. The van der Waals surface area contributed by atoms with Gasteiger partial charge in [-0.15, -0.1) is 6.42 Å². The molecule has 0 fully saturated rings. The Morgan fingerprint density at radius 1 is 1.40 bits per heavy atom. The van der Waals surface area contributed by atoms with Gasteiger partial charge in [0.15, 0.2) is 0 Å². The molecule has 0 saturated carbocycles. The molecule has 0 heterocycles. The van der Waals surface area contributed by atoms with Gasteiger partial charge in [-0.05, 0) is 12.1 Å². The molecule has 106 valence electrons. The number of halogens is 3. The summed E-state index contributed by atoms with van der Waals surface area (Å²) in [5.74, 6) is 0.261. The fourth-order valence-electron chi connectivity index (χ4n) is 1.32. The topological polar surface area (TPSA) is 69.6 Å². The molecule has 1 rings (SSSR count). The number of terminal acetylenes is 1. The molecule has 0 unspecified atom stereocenters. The van der Waals surface area contributed by atoms with Crippen molar-refractivity contribution in [2.75, 3.05) is 18.4 Å². The molecule has 0 bridgehead atoms. The van der Waals surface area contributed by atoms with Crippen molar-refractivity contribution in [2.45, 2.75) is 0 Å². The van der Waals surface area contributed by atoms with Crippen molar-refractivity contribution < 1.29 is 19.1 Å². The third-order valence-electron chi connectivity index (χ3n) is 2.13. The summed E-state index contributed by atoms with van der Waals surface area (Å²) in [5, 5.41) is 10.7. The van der Waals surface area contributed by atoms with Gasteiger partial charge in [0, 0.05) is 0 Å². The predicted molar refractivity (Wildman–Crippen MR) is 73.5 cm³/mol. The van der Waals surface area contributed by atoms with Gasteiger partial charge in [-0.3, -0.25) is 4.79 Å². The summed E-state index contributed by atoms with van der Waals surface area (Å²) in [6.07, 6.45) is 5.05. The monoisotopic (exact) mass is 318 g/mol. The van der Waals surface area contributed by atoms with Crippen LogP contribution in [0, 0.1) is 18.2 Å². The number of nitrogens with zero attached hydrogens (tertiary/aromatic N) is 1. The second-order valence-electron chi connectivity index (χ2n) is 3.63. The minimum Gasteiger partial charge on any atom is -0.480 e. The lowest BCUT2D eigenvalue weighted by atomic mass is 10.3. The van der Waals surface area contributed by atoms with Gasteiger partial charge in [0.05, 0.1) is 22.3 Å². The average molecular weight is 319 g/mol. The van der Waals surface area contributed by atoms with Crippen LogP contribution in [0.25, 0.3) is 0 Å². The molecule has 5 nitrogen and oxygen atoms in total. The Balaban J connectivity index is 2.94. The molecule has 8 heteroatoms. The van der Waals surface area contributed by atoms with E-state index in [0.29, 0.717) is 0 Å². The highest BCUT2D eigenvalue weighted by Crippen LogP contribution is 2.31. The maximum absolute atomic E-state index is 13.0. The van der Waals surface area contributed by atoms with E-state index in [1.165, 1.54) is 0 Å². The fourth-order valence-corrected chi connectivity index (χ4v) is 1.88. The van der Waals surface area contributed by atoms with Crippen molar-refractivity contribution in [3.05, 3.63) is 28.0 Å². The van der Waals surface area contributed by atoms with E-state index in [9.17, 15) is 14.0 Å². The van der Waals surface area contributed by atoms with Crippen LogP contribution in [0.4, 0.5) is 14.9 Å². The van der Waals surface area contributed by atoms with Crippen LogP contribution in [-0.2, 0) is 4.79 Å². The van der Waals surface area contributed by atoms with E-state index in [-0.39, 0.29) is 22.3 Å². The van der Waals surface area contributed by atoms with Gasteiger partial charge in [-0.25, -0.2) is 9.18 Å². The number of hydrogen-bond donors (Lipinski definition) is 2. The van der Waals surface area contributed by atoms with Crippen LogP contribution in [0.5, 0.6) is 0 Å². The Hall–Kier alpha value is -1.97. The van der Waals surface area contributed by atoms with Gasteiger partial charge < -0.3 is 15.3 Å². The van der Waals surface area contributed by atoms with Crippen LogP contribution in [0.15, 0.2) is 12.1 Å². The summed E-state index contributed by atoms with van der Waals surface area (Å²) >= 11 is 11.5. The summed E-state index contributed by atoms with van der Waals surface area (Å²) in [4.78, 5) is 23.4. The SMILES string of the molecule is C#CCN(CC(=O)O)C(=O)Nc1c(Cl)cc(F)cc1Cl. The third-order valence-corrected chi connectivity index (χ3v) is 2.73. The molecule has 2 N–H and O–H groups in total. The molecular formula is C12H9Cl2FN2O3. The van der Waals surface area contributed by atoms with Crippen LogP contribution >= 0.6 is 23.2 Å². The van der Waals surface area contributed by atoms with Crippen LogP contribution in [0.2, 0.25) is 10.0 Å². The van der Waals surface area contributed by atoms with Gasteiger partial charge in [0.2, 0.25) is 0 Å². The molecule has 0 radical (unpaired) electrons. The molecule has 0 aliphatic rings. The van der Waals surface area contributed by atoms with Gasteiger partial charge >= 0.3 is 12.0 Å². The molecule has 0 saturated heterocycles. The fraction of sp³-hybridized carbons (Fsp3) is 0.167. The smallest absolute Gasteiger partial charge is 0.323 e. The van der Waals surface area contributed by atoms with E-state index in [0.717, 1.165) is 17.0 Å². The number of carboxylic acids is 1. The summed E-state index contributed by atoms with van der Waals surface area (Å²) in [5.41, 5.74) is -0.0212. The summed E-state index contributed by atoms with van der Waals surface area (Å²) in [6.45, 7) is -0.805. The van der Waals surface area contributed by atoms with Gasteiger partial charge in [0.25, 0.3) is 0 Å². The van der Waals surface area contributed by atoms with E-state index in [4.69, 9.17) is 34.7 Å². The molecule has 1 aromatic rings. The van der Waals surface area contributed by atoms with Crippen LogP contribution in [0.3, 0.4) is 0 Å². The molecule has 0 atom stereocenters. The first-order valence-electron chi connectivity index (χ1n) is 5.21. The Labute approximate surface area is 124 Å². The molecule has 1 aromatic carbocycles. The normalized spacial score (nSPS) is 9.70. The van der Waals surface area contributed by atoms with E-state index in [1.54, 1.807) is 0 Å². The van der Waals surface area contributed by atoms with E-state index >= 15 is 0 Å². The quantitative estimate of drug-likeness (QED) is 0.838. The zero-order chi connectivity index (χ0) is 15.3. The molecule has 0 aliphatic heterocycles. The van der Waals surface area contributed by atoms with Crippen molar-refractivity contribution >= 4 is 40.9 Å². The molecule has 0 aliphatic carbocycles. The van der Waals surface area contributed by atoms with Crippen molar-refractivity contribution in [2.24, 2.45) is 0 Å². The summed E-state index contributed by atoms with van der Waals surface area (Å²) < 4.78 is 13.0. The highest BCUT2D eigenvalue weighted by molar-refractivity contribution is 6.39. The number of nitrogens with one attached hydrogen (secondary N) is 1. The summed E-state index contributed by atoms with van der Waals surface area (Å²) in [6, 6.07) is 1.12. The van der Waals surface area contributed by atoms with Gasteiger partial charge in [-0.1, -0.05) is 29.1 Å². The largest absolute Gasteiger partial charge is 0.480 e. The Bertz CT molecular complexity index is 564. The first-order valence-corrected chi connectivity index (χ1v) is 5.96. The average Bonchev–Trinajstić information content (AvgIpc) is 2.32. The highest BCUT2D eigenvalue weighted by Gasteiger charge is 2.18. The summed E-state index contributed by atoms with van der Waals surface area (Å²) in [7, 11) is 0. The van der Waals surface area contributed by atoms with Gasteiger partial charge in [0.1, 0.15) is 12.4 Å². The second kappa shape index (κ2) is 6.98. The number of hydrogen-bond acceptors (Lipinski definition) is 2. The molecular weight excluding hydrogens is 310 g/mol. The van der Waals surface area contributed by atoms with E-state index in [1.807, 2.05) is 0 Å². The van der Waals surface area contributed by atoms with Crippen LogP contribution in [0.1, 0.15) is 0 Å². The Morgan fingerprint density at radius 3 is 2.40 bits per heavy atom. The molecule has 2 amide bonds. The maximum Gasteiger partial charge on any atom is 0.323 e. The van der Waals surface area contributed by atoms with Crippen molar-refractivity contribution in [3.8, 4) is 12.3 Å². The zero-order valence-electron chi connectivity index (χ0n) is 9.99. The number of urea groups is 1. The van der Waals surface area contributed by atoms with Crippen LogP contribution in [-0.4, -0.2) is 35.1 Å². The van der Waals surface area contributed by atoms with Crippen molar-refractivity contribution in [1.29, 1.82) is 0 Å². The molecule has 0 spiro atoms. The van der Waals surface area contributed by atoms with Crippen molar-refractivity contribution in [1.82, 2.24) is 4.90 Å². The number of carbonyl (C=O) groups is 2. The van der Waals surface area contributed by atoms with Crippen LogP contribution < -0.4 is 5.32 Å². The second-order valence-corrected chi connectivity index (χ2v) is 4.44. The van der Waals surface area contributed by atoms with E-state index < -0.39 is 24.4 Å². The number of carbonyl (C=O) groups excluding carboxylic acids is 1. The molecule has 0 aromatic heterocycles. The Kier molecular flexibility index (Phi) is 5.62. The number of benzene rings is 1. The van der Waals surface area contributed by atoms with E-state index in [2.05, 4.69) is 11.2 Å². The number of carboxylic acid groups (broad SMARTS) is 1. The number of aliphatic carboxylic acids is 1. The number of amides is 2. The number of anilines is 1. The lowest BCUT2D eigenvalue weighted by Gasteiger charge is -2.19. The first kappa shape index (κ1) is 16.1. The van der Waals surface area contributed by atoms with Gasteiger partial charge in [-0.2, -0.15) is 0 Å². The minimum atomic E-state index is -1.23. The lowest BCUT2D eigenvalue weighted by molar-refractivity contribution is -0.137. The number of rotatable bonds is 4. The third kappa shape index (κ3) is 4.30.